The van der Waals surface area contributed by atoms with Gasteiger partial charge in [0.25, 0.3) is 0 Å². The molecule has 1 aromatic rings. The van der Waals surface area contributed by atoms with Crippen molar-refractivity contribution in [3.8, 4) is 0 Å². The number of nitrogens with zero attached hydrogens (tertiary/aromatic N) is 1. The van der Waals surface area contributed by atoms with Gasteiger partial charge in [-0.1, -0.05) is 30.3 Å². The first kappa shape index (κ1) is 15.3. The van der Waals surface area contributed by atoms with Crippen LogP contribution in [0.3, 0.4) is 0 Å². The lowest BCUT2D eigenvalue weighted by Crippen LogP contribution is -2.37. The van der Waals surface area contributed by atoms with Crippen molar-refractivity contribution in [2.24, 2.45) is 5.92 Å². The topological polar surface area (TPSA) is 40.5 Å². The van der Waals surface area contributed by atoms with E-state index >= 15 is 0 Å². The molecular formula is C16H21NO2S2. The number of hydrogen-bond donors (Lipinski definition) is 1. The van der Waals surface area contributed by atoms with Crippen molar-refractivity contribution in [1.82, 2.24) is 4.90 Å². The molecule has 2 aliphatic heterocycles. The van der Waals surface area contributed by atoms with Gasteiger partial charge in [0, 0.05) is 48.1 Å². The smallest absolute Gasteiger partial charge is 0.308 e. The van der Waals surface area contributed by atoms with Gasteiger partial charge in [-0.05, 0) is 5.56 Å². The standard InChI is InChI=1S/C16H21NO2S2/c18-16(19)15-9-17(13-10-20-6-7-21-11-13)8-14(15)12-4-2-1-3-5-12/h1-5,13-15H,6-11H2,(H,18,19)/t14-,15+/m0/s1. The quantitative estimate of drug-likeness (QED) is 0.926. The lowest BCUT2D eigenvalue weighted by molar-refractivity contribution is -0.141. The minimum atomic E-state index is -0.653. The van der Waals surface area contributed by atoms with Crippen LogP contribution in [0.25, 0.3) is 0 Å². The molecule has 2 saturated heterocycles. The van der Waals surface area contributed by atoms with E-state index in [1.54, 1.807) is 0 Å². The molecule has 3 nitrogen and oxygen atoms in total. The van der Waals surface area contributed by atoms with E-state index < -0.39 is 5.97 Å². The molecule has 1 aromatic carbocycles. The van der Waals surface area contributed by atoms with Crippen LogP contribution in [0.1, 0.15) is 11.5 Å². The van der Waals surface area contributed by atoms with Crippen molar-refractivity contribution in [2.75, 3.05) is 36.1 Å². The molecule has 0 aliphatic carbocycles. The zero-order valence-electron chi connectivity index (χ0n) is 12.0. The first-order chi connectivity index (χ1) is 10.3. The molecule has 3 rings (SSSR count). The highest BCUT2D eigenvalue weighted by Gasteiger charge is 2.40. The molecule has 21 heavy (non-hydrogen) atoms. The van der Waals surface area contributed by atoms with Crippen LogP contribution in [0.5, 0.6) is 0 Å². The van der Waals surface area contributed by atoms with Crippen molar-refractivity contribution >= 4 is 29.5 Å². The fourth-order valence-electron chi connectivity index (χ4n) is 3.24. The predicted octanol–water partition coefficient (Wildman–Crippen LogP) is 2.64. The van der Waals surface area contributed by atoms with Crippen LogP contribution in [0.2, 0.25) is 0 Å². The Morgan fingerprint density at radius 1 is 1.10 bits per heavy atom. The third kappa shape index (κ3) is 3.58. The van der Waals surface area contributed by atoms with E-state index in [2.05, 4.69) is 17.0 Å². The molecule has 0 radical (unpaired) electrons. The molecule has 0 unspecified atom stereocenters. The average Bonchev–Trinajstić information content (AvgIpc) is 2.77. The fraction of sp³-hybridized carbons (Fsp3) is 0.562. The highest BCUT2D eigenvalue weighted by molar-refractivity contribution is 8.03. The molecular weight excluding hydrogens is 302 g/mol. The SMILES string of the molecule is O=C(O)[C@@H]1CN(C2CSCCSC2)C[C@H]1c1ccccc1. The first-order valence-corrected chi connectivity index (χ1v) is 9.74. The highest BCUT2D eigenvalue weighted by Crippen LogP contribution is 2.35. The van der Waals surface area contributed by atoms with Crippen LogP contribution in [0, 0.1) is 5.92 Å². The molecule has 2 fully saturated rings. The monoisotopic (exact) mass is 323 g/mol. The molecule has 114 valence electrons. The van der Waals surface area contributed by atoms with Crippen molar-refractivity contribution in [3.63, 3.8) is 0 Å². The summed E-state index contributed by atoms with van der Waals surface area (Å²) in [7, 11) is 0. The lowest BCUT2D eigenvalue weighted by Gasteiger charge is -2.26. The minimum absolute atomic E-state index is 0.127. The summed E-state index contributed by atoms with van der Waals surface area (Å²) in [6, 6.07) is 10.7. The Labute approximate surface area is 134 Å². The number of carboxylic acids is 1. The maximum atomic E-state index is 11.6. The van der Waals surface area contributed by atoms with Gasteiger partial charge in [0.2, 0.25) is 0 Å². The van der Waals surface area contributed by atoms with E-state index in [9.17, 15) is 9.90 Å². The maximum Gasteiger partial charge on any atom is 0.308 e. The Balaban J connectivity index is 1.76. The maximum absolute atomic E-state index is 11.6. The number of rotatable bonds is 3. The summed E-state index contributed by atoms with van der Waals surface area (Å²) < 4.78 is 0. The van der Waals surface area contributed by atoms with E-state index in [-0.39, 0.29) is 11.8 Å². The number of carboxylic acid groups (broad SMARTS) is 1. The second-order valence-electron chi connectivity index (χ2n) is 5.72. The number of hydrogen-bond acceptors (Lipinski definition) is 4. The molecule has 1 N–H and O–H groups in total. The van der Waals surface area contributed by atoms with Crippen LogP contribution >= 0.6 is 23.5 Å². The second kappa shape index (κ2) is 7.07. The van der Waals surface area contributed by atoms with Gasteiger partial charge >= 0.3 is 5.97 Å². The van der Waals surface area contributed by atoms with Crippen LogP contribution in [0.4, 0.5) is 0 Å². The average molecular weight is 323 g/mol. The molecule has 2 aliphatic rings. The largest absolute Gasteiger partial charge is 0.481 e. The van der Waals surface area contributed by atoms with Crippen molar-refractivity contribution in [2.45, 2.75) is 12.0 Å². The number of benzene rings is 1. The fourth-order valence-corrected chi connectivity index (χ4v) is 5.86. The van der Waals surface area contributed by atoms with Crippen LogP contribution in [0.15, 0.2) is 30.3 Å². The van der Waals surface area contributed by atoms with Crippen LogP contribution in [-0.4, -0.2) is 58.1 Å². The highest BCUT2D eigenvalue weighted by atomic mass is 32.2. The van der Waals surface area contributed by atoms with E-state index in [0.717, 1.165) is 18.1 Å². The summed E-state index contributed by atoms with van der Waals surface area (Å²) in [5.74, 6) is 3.92. The van der Waals surface area contributed by atoms with Gasteiger partial charge in [-0.15, -0.1) is 0 Å². The zero-order valence-corrected chi connectivity index (χ0v) is 13.6. The summed E-state index contributed by atoms with van der Waals surface area (Å²) in [5.41, 5.74) is 1.17. The van der Waals surface area contributed by atoms with Crippen LogP contribution in [-0.2, 0) is 4.79 Å². The predicted molar refractivity (Wildman–Crippen MR) is 90.3 cm³/mol. The molecule has 5 heteroatoms. The van der Waals surface area contributed by atoms with E-state index in [0.29, 0.717) is 12.6 Å². The van der Waals surface area contributed by atoms with E-state index in [1.165, 1.54) is 17.1 Å². The Morgan fingerprint density at radius 3 is 2.38 bits per heavy atom. The summed E-state index contributed by atoms with van der Waals surface area (Å²) >= 11 is 4.01. The zero-order chi connectivity index (χ0) is 14.7. The summed E-state index contributed by atoms with van der Waals surface area (Å²) in [5, 5.41) is 9.58. The van der Waals surface area contributed by atoms with E-state index in [4.69, 9.17) is 0 Å². The van der Waals surface area contributed by atoms with Gasteiger partial charge in [0.1, 0.15) is 0 Å². The van der Waals surface area contributed by atoms with Gasteiger partial charge in [-0.25, -0.2) is 0 Å². The molecule has 0 spiro atoms. The normalized spacial score (nSPS) is 28.4. The van der Waals surface area contributed by atoms with Crippen molar-refractivity contribution < 1.29 is 9.90 Å². The van der Waals surface area contributed by atoms with Gasteiger partial charge in [0.05, 0.1) is 5.92 Å². The number of thioether (sulfide) groups is 2. The Hall–Kier alpha value is -0.650. The molecule has 2 atom stereocenters. The third-order valence-corrected chi connectivity index (χ3v) is 6.89. The van der Waals surface area contributed by atoms with Crippen LogP contribution < -0.4 is 0 Å². The molecule has 2 heterocycles. The number of aliphatic carboxylic acids is 1. The summed E-state index contributed by atoms with van der Waals surface area (Å²) in [4.78, 5) is 14.1. The van der Waals surface area contributed by atoms with E-state index in [1.807, 2.05) is 41.7 Å². The molecule has 0 aromatic heterocycles. The molecule has 0 amide bonds. The van der Waals surface area contributed by atoms with Gasteiger partial charge in [-0.3, -0.25) is 9.69 Å². The number of carbonyl (C=O) groups is 1. The second-order valence-corrected chi connectivity index (χ2v) is 8.02. The third-order valence-electron chi connectivity index (χ3n) is 4.40. The summed E-state index contributed by atoms with van der Waals surface area (Å²) in [6.45, 7) is 1.58. The van der Waals surface area contributed by atoms with Gasteiger partial charge in [0.15, 0.2) is 0 Å². The van der Waals surface area contributed by atoms with Gasteiger partial charge in [-0.2, -0.15) is 23.5 Å². The van der Waals surface area contributed by atoms with Crippen molar-refractivity contribution in [1.29, 1.82) is 0 Å². The number of likely N-dealkylation sites (tertiary alicyclic amines) is 1. The Kier molecular flexibility index (Phi) is 5.14. The Morgan fingerprint density at radius 2 is 1.76 bits per heavy atom. The minimum Gasteiger partial charge on any atom is -0.481 e. The molecule has 0 bridgehead atoms. The lowest BCUT2D eigenvalue weighted by atomic mass is 9.89. The Bertz CT molecular complexity index is 474. The first-order valence-electron chi connectivity index (χ1n) is 7.43. The molecule has 0 saturated carbocycles. The van der Waals surface area contributed by atoms with Gasteiger partial charge < -0.3 is 5.11 Å². The van der Waals surface area contributed by atoms with Crippen molar-refractivity contribution in [3.05, 3.63) is 35.9 Å². The summed E-state index contributed by atoms with van der Waals surface area (Å²) in [6.07, 6.45) is 0.